The van der Waals surface area contributed by atoms with Crippen LogP contribution in [0.25, 0.3) is 0 Å². The summed E-state index contributed by atoms with van der Waals surface area (Å²) in [5.74, 6) is -1.24. The van der Waals surface area contributed by atoms with Crippen molar-refractivity contribution in [2.24, 2.45) is 5.92 Å². The van der Waals surface area contributed by atoms with E-state index in [1.165, 1.54) is 16.2 Å². The molecule has 114 valence electrons. The molecule has 0 bridgehead atoms. The number of aliphatic carboxylic acids is 1. The Hall–Kier alpha value is -1.89. The fourth-order valence-electron chi connectivity index (χ4n) is 1.93. The Labute approximate surface area is 126 Å². The van der Waals surface area contributed by atoms with Crippen LogP contribution in [0.4, 0.5) is 5.00 Å². The Morgan fingerprint density at radius 2 is 2.10 bits per heavy atom. The van der Waals surface area contributed by atoms with Gasteiger partial charge in [0.25, 0.3) is 5.91 Å². The highest BCUT2D eigenvalue weighted by Gasteiger charge is 2.30. The standard InChI is InChI=1S/C14H18N2O4S/c1-2-7-16(8-12(17)18)14(20)10-5-6-11(21-10)15-13(19)9-3-4-9/h5-6,9H,2-4,7-8H2,1H3,(H,15,19)(H,17,18). The highest BCUT2D eigenvalue weighted by molar-refractivity contribution is 7.18. The molecule has 0 aromatic carbocycles. The lowest BCUT2D eigenvalue weighted by Crippen LogP contribution is -2.35. The van der Waals surface area contributed by atoms with E-state index in [9.17, 15) is 14.4 Å². The molecule has 2 N–H and O–H groups in total. The summed E-state index contributed by atoms with van der Waals surface area (Å²) in [7, 11) is 0. The van der Waals surface area contributed by atoms with Crippen LogP contribution in [0.5, 0.6) is 0 Å². The molecular weight excluding hydrogens is 292 g/mol. The van der Waals surface area contributed by atoms with Gasteiger partial charge in [0, 0.05) is 12.5 Å². The SMILES string of the molecule is CCCN(CC(=O)O)C(=O)c1ccc(NC(=O)C2CC2)s1. The molecule has 0 radical (unpaired) electrons. The summed E-state index contributed by atoms with van der Waals surface area (Å²) < 4.78 is 0. The molecule has 2 amide bonds. The number of nitrogens with zero attached hydrogens (tertiary/aromatic N) is 1. The van der Waals surface area contributed by atoms with Crippen molar-refractivity contribution in [2.75, 3.05) is 18.4 Å². The topological polar surface area (TPSA) is 86.7 Å². The van der Waals surface area contributed by atoms with Gasteiger partial charge in [0.15, 0.2) is 0 Å². The van der Waals surface area contributed by atoms with Crippen molar-refractivity contribution < 1.29 is 19.5 Å². The molecule has 1 saturated carbocycles. The minimum Gasteiger partial charge on any atom is -0.480 e. The van der Waals surface area contributed by atoms with E-state index < -0.39 is 5.97 Å². The second-order valence-corrected chi connectivity index (χ2v) is 6.13. The van der Waals surface area contributed by atoms with Crippen LogP contribution in [0, 0.1) is 5.92 Å². The minimum atomic E-state index is -1.03. The fourth-order valence-corrected chi connectivity index (χ4v) is 2.81. The summed E-state index contributed by atoms with van der Waals surface area (Å²) in [5.41, 5.74) is 0. The second-order valence-electron chi connectivity index (χ2n) is 5.05. The number of nitrogens with one attached hydrogen (secondary N) is 1. The first-order valence-electron chi connectivity index (χ1n) is 6.93. The first-order valence-corrected chi connectivity index (χ1v) is 7.74. The molecule has 0 saturated heterocycles. The first-order chi connectivity index (χ1) is 10.0. The molecule has 1 fully saturated rings. The molecular formula is C14H18N2O4S. The highest BCUT2D eigenvalue weighted by atomic mass is 32.1. The van der Waals surface area contributed by atoms with Gasteiger partial charge in [-0.15, -0.1) is 11.3 Å². The molecule has 0 unspecified atom stereocenters. The van der Waals surface area contributed by atoms with Gasteiger partial charge in [-0.2, -0.15) is 0 Å². The lowest BCUT2D eigenvalue weighted by atomic mass is 10.3. The maximum atomic E-state index is 12.3. The largest absolute Gasteiger partial charge is 0.480 e. The number of thiophene rings is 1. The second kappa shape index (κ2) is 6.71. The number of carboxylic acids is 1. The zero-order valence-corrected chi connectivity index (χ0v) is 12.6. The van der Waals surface area contributed by atoms with E-state index in [1.54, 1.807) is 12.1 Å². The Bertz CT molecular complexity index is 551. The van der Waals surface area contributed by atoms with Crippen molar-refractivity contribution in [3.05, 3.63) is 17.0 Å². The van der Waals surface area contributed by atoms with Crippen molar-refractivity contribution in [2.45, 2.75) is 26.2 Å². The Kier molecular flexibility index (Phi) is 4.95. The van der Waals surface area contributed by atoms with Crippen LogP contribution in [0.1, 0.15) is 35.9 Å². The number of anilines is 1. The molecule has 0 atom stereocenters. The van der Waals surface area contributed by atoms with Gasteiger partial charge < -0.3 is 15.3 Å². The predicted octanol–water partition coefficient (Wildman–Crippen LogP) is 2.03. The van der Waals surface area contributed by atoms with E-state index in [-0.39, 0.29) is 24.3 Å². The van der Waals surface area contributed by atoms with E-state index in [0.29, 0.717) is 22.8 Å². The summed E-state index contributed by atoms with van der Waals surface area (Å²) in [6.07, 6.45) is 2.54. The molecule has 1 aromatic heterocycles. The van der Waals surface area contributed by atoms with E-state index in [1.807, 2.05) is 6.92 Å². The molecule has 6 nitrogen and oxygen atoms in total. The zero-order chi connectivity index (χ0) is 15.4. The summed E-state index contributed by atoms with van der Waals surface area (Å²) >= 11 is 1.18. The molecule has 21 heavy (non-hydrogen) atoms. The Balaban J connectivity index is 2.01. The van der Waals surface area contributed by atoms with Crippen molar-refractivity contribution in [3.63, 3.8) is 0 Å². The average Bonchev–Trinajstić information content (AvgIpc) is 3.18. The van der Waals surface area contributed by atoms with Crippen LogP contribution in [-0.4, -0.2) is 40.9 Å². The number of amides is 2. The van der Waals surface area contributed by atoms with E-state index in [0.717, 1.165) is 12.8 Å². The number of carbonyl (C=O) groups is 3. The third-order valence-corrected chi connectivity index (χ3v) is 4.11. The summed E-state index contributed by atoms with van der Waals surface area (Å²) in [6.45, 7) is 1.97. The van der Waals surface area contributed by atoms with E-state index in [2.05, 4.69) is 5.32 Å². The molecule has 1 aliphatic rings. The van der Waals surface area contributed by atoms with Crippen LogP contribution < -0.4 is 5.32 Å². The minimum absolute atomic E-state index is 0.00759. The van der Waals surface area contributed by atoms with Gasteiger partial charge in [-0.05, 0) is 31.4 Å². The van der Waals surface area contributed by atoms with Crippen LogP contribution in [0.2, 0.25) is 0 Å². The van der Waals surface area contributed by atoms with Gasteiger partial charge in [0.1, 0.15) is 6.54 Å². The highest BCUT2D eigenvalue weighted by Crippen LogP contribution is 2.31. The van der Waals surface area contributed by atoms with Crippen LogP contribution in [0.3, 0.4) is 0 Å². The fraction of sp³-hybridized carbons (Fsp3) is 0.500. The molecule has 0 aliphatic heterocycles. The van der Waals surface area contributed by atoms with Crippen molar-refractivity contribution in [3.8, 4) is 0 Å². The van der Waals surface area contributed by atoms with E-state index in [4.69, 9.17) is 5.11 Å². The Morgan fingerprint density at radius 3 is 2.67 bits per heavy atom. The summed E-state index contributed by atoms with van der Waals surface area (Å²) in [5, 5.41) is 12.3. The van der Waals surface area contributed by atoms with Gasteiger partial charge in [-0.3, -0.25) is 14.4 Å². The third-order valence-electron chi connectivity index (χ3n) is 3.12. The quantitative estimate of drug-likeness (QED) is 0.807. The maximum absolute atomic E-state index is 12.3. The lowest BCUT2D eigenvalue weighted by Gasteiger charge is -2.18. The smallest absolute Gasteiger partial charge is 0.323 e. The third kappa shape index (κ3) is 4.29. The predicted molar refractivity (Wildman–Crippen MR) is 79.5 cm³/mol. The molecule has 1 heterocycles. The molecule has 2 rings (SSSR count). The monoisotopic (exact) mass is 310 g/mol. The van der Waals surface area contributed by atoms with Crippen molar-refractivity contribution >= 4 is 34.1 Å². The van der Waals surface area contributed by atoms with Crippen LogP contribution in [0.15, 0.2) is 12.1 Å². The summed E-state index contributed by atoms with van der Waals surface area (Å²) in [4.78, 5) is 36.5. The van der Waals surface area contributed by atoms with Gasteiger partial charge in [-0.1, -0.05) is 6.92 Å². The van der Waals surface area contributed by atoms with Crippen LogP contribution >= 0.6 is 11.3 Å². The lowest BCUT2D eigenvalue weighted by molar-refractivity contribution is -0.137. The molecule has 1 aliphatic carbocycles. The number of carboxylic acid groups (broad SMARTS) is 1. The van der Waals surface area contributed by atoms with Gasteiger partial charge in [0.05, 0.1) is 9.88 Å². The van der Waals surface area contributed by atoms with Crippen LogP contribution in [-0.2, 0) is 9.59 Å². The Morgan fingerprint density at radius 1 is 1.38 bits per heavy atom. The molecule has 7 heteroatoms. The van der Waals surface area contributed by atoms with Crippen molar-refractivity contribution in [1.82, 2.24) is 4.90 Å². The normalized spacial score (nSPS) is 13.8. The van der Waals surface area contributed by atoms with E-state index >= 15 is 0 Å². The summed E-state index contributed by atoms with van der Waals surface area (Å²) in [6, 6.07) is 3.31. The van der Waals surface area contributed by atoms with Gasteiger partial charge >= 0.3 is 5.97 Å². The zero-order valence-electron chi connectivity index (χ0n) is 11.8. The van der Waals surface area contributed by atoms with Gasteiger partial charge in [-0.25, -0.2) is 0 Å². The number of hydrogen-bond acceptors (Lipinski definition) is 4. The average molecular weight is 310 g/mol. The van der Waals surface area contributed by atoms with Crippen molar-refractivity contribution in [1.29, 1.82) is 0 Å². The number of rotatable bonds is 7. The molecule has 1 aromatic rings. The maximum Gasteiger partial charge on any atom is 0.323 e. The number of carbonyl (C=O) groups excluding carboxylic acids is 2. The van der Waals surface area contributed by atoms with Gasteiger partial charge in [0.2, 0.25) is 5.91 Å². The first kappa shape index (κ1) is 15.5. The number of hydrogen-bond donors (Lipinski definition) is 2. The molecule has 0 spiro atoms.